The summed E-state index contributed by atoms with van der Waals surface area (Å²) in [5.41, 5.74) is 1.13. The summed E-state index contributed by atoms with van der Waals surface area (Å²) < 4.78 is 25.3. The van der Waals surface area contributed by atoms with E-state index < -0.39 is 11.0 Å². The van der Waals surface area contributed by atoms with Crippen molar-refractivity contribution in [3.8, 4) is 5.75 Å². The number of piperidine rings is 1. The molecule has 1 fully saturated rings. The average molecular weight is 241 g/mol. The van der Waals surface area contributed by atoms with Crippen LogP contribution in [0.1, 0.15) is 19.3 Å². The first-order chi connectivity index (χ1) is 7.75. The minimum Gasteiger partial charge on any atom is -0.384 e. The highest BCUT2D eigenvalue weighted by molar-refractivity contribution is 7.67. The van der Waals surface area contributed by atoms with E-state index in [0.29, 0.717) is 5.75 Å². The zero-order valence-corrected chi connectivity index (χ0v) is 9.86. The highest BCUT2D eigenvalue weighted by atomic mass is 32.2. The van der Waals surface area contributed by atoms with Crippen molar-refractivity contribution < 1.29 is 12.6 Å². The lowest BCUT2D eigenvalue weighted by Gasteiger charge is -2.28. The van der Waals surface area contributed by atoms with E-state index in [1.807, 2.05) is 12.1 Å². The zero-order valence-electron chi connectivity index (χ0n) is 8.96. The van der Waals surface area contributed by atoms with Gasteiger partial charge in [0, 0.05) is 18.8 Å². The van der Waals surface area contributed by atoms with Gasteiger partial charge in [0.25, 0.3) is 11.0 Å². The van der Waals surface area contributed by atoms with Gasteiger partial charge in [-0.3, -0.25) is 0 Å². The summed E-state index contributed by atoms with van der Waals surface area (Å²) in [5, 5.41) is 0. The summed E-state index contributed by atoms with van der Waals surface area (Å²) in [4.78, 5) is 2.31. The number of hydrogen-bond acceptors (Lipinski definition) is 4. The molecule has 0 aromatic heterocycles. The van der Waals surface area contributed by atoms with Crippen LogP contribution in [0.15, 0.2) is 24.3 Å². The van der Waals surface area contributed by atoms with Gasteiger partial charge in [-0.25, -0.2) is 0 Å². The fourth-order valence-electron chi connectivity index (χ4n) is 1.96. The van der Waals surface area contributed by atoms with Crippen LogP contribution < -0.4 is 9.08 Å². The van der Waals surface area contributed by atoms with Crippen LogP contribution in [0.4, 0.5) is 5.69 Å². The highest BCUT2D eigenvalue weighted by Crippen LogP contribution is 2.22. The number of benzene rings is 1. The van der Waals surface area contributed by atoms with Crippen molar-refractivity contribution in [3.05, 3.63) is 24.3 Å². The van der Waals surface area contributed by atoms with Crippen molar-refractivity contribution in [1.82, 2.24) is 0 Å². The number of hydrogen-bond donors (Lipinski definition) is 1. The normalized spacial score (nSPS) is 16.4. The molecule has 0 amide bonds. The second kappa shape index (κ2) is 5.21. The lowest BCUT2D eigenvalue weighted by atomic mass is 10.1. The largest absolute Gasteiger partial charge is 0.384 e. The highest BCUT2D eigenvalue weighted by Gasteiger charge is 2.10. The van der Waals surface area contributed by atoms with Gasteiger partial charge in [-0.15, -0.1) is 0 Å². The molecule has 88 valence electrons. The van der Waals surface area contributed by atoms with Crippen LogP contribution in [0.5, 0.6) is 5.75 Å². The monoisotopic (exact) mass is 241 g/mol. The van der Waals surface area contributed by atoms with Crippen LogP contribution >= 0.6 is 0 Å². The number of nitrogens with zero attached hydrogens (tertiary/aromatic N) is 1. The second-order valence-electron chi connectivity index (χ2n) is 3.86. The van der Waals surface area contributed by atoms with Crippen molar-refractivity contribution in [2.75, 3.05) is 18.0 Å². The van der Waals surface area contributed by atoms with Crippen LogP contribution in [0, 0.1) is 0 Å². The third kappa shape index (κ3) is 2.88. The van der Waals surface area contributed by atoms with Gasteiger partial charge in [-0.05, 0) is 43.5 Å². The predicted molar refractivity (Wildman–Crippen MR) is 63.4 cm³/mol. The Hall–Kier alpha value is -1.23. The van der Waals surface area contributed by atoms with Crippen LogP contribution in [0.3, 0.4) is 0 Å². The van der Waals surface area contributed by atoms with E-state index >= 15 is 0 Å². The van der Waals surface area contributed by atoms with Gasteiger partial charge >= 0.3 is 0 Å². The maximum atomic E-state index is 10.4. The van der Waals surface area contributed by atoms with E-state index in [-0.39, 0.29) is 0 Å². The molecule has 1 aromatic rings. The first kappa shape index (κ1) is 11.3. The first-order valence-corrected chi connectivity index (χ1v) is 6.52. The Bertz CT molecular complexity index is 400. The van der Waals surface area contributed by atoms with E-state index in [1.54, 1.807) is 12.1 Å². The molecule has 5 heteroatoms. The summed E-state index contributed by atoms with van der Waals surface area (Å²) in [5.74, 6) is 0.372. The third-order valence-corrected chi connectivity index (χ3v) is 3.10. The maximum Gasteiger partial charge on any atom is 0.299 e. The molecule has 1 aliphatic heterocycles. The molecule has 0 saturated carbocycles. The SMILES string of the molecule is O=[SH](=O)Oc1ccc(N2CCCCC2)cc1. The van der Waals surface area contributed by atoms with Crippen molar-refractivity contribution in [3.63, 3.8) is 0 Å². The average Bonchev–Trinajstić information content (AvgIpc) is 2.30. The molecular formula is C11H15NO3S. The van der Waals surface area contributed by atoms with Crippen molar-refractivity contribution in [1.29, 1.82) is 0 Å². The smallest absolute Gasteiger partial charge is 0.299 e. The number of anilines is 1. The molecule has 1 saturated heterocycles. The summed E-state index contributed by atoms with van der Waals surface area (Å²) in [6.45, 7) is 2.16. The quantitative estimate of drug-likeness (QED) is 0.816. The van der Waals surface area contributed by atoms with E-state index in [1.165, 1.54) is 19.3 Å². The molecule has 1 heterocycles. The van der Waals surface area contributed by atoms with Crippen molar-refractivity contribution in [2.45, 2.75) is 19.3 Å². The zero-order chi connectivity index (χ0) is 11.4. The molecule has 0 radical (unpaired) electrons. The van der Waals surface area contributed by atoms with Gasteiger partial charge in [-0.2, -0.15) is 8.42 Å². The molecule has 1 aromatic carbocycles. The molecule has 0 N–H and O–H groups in total. The molecule has 0 aliphatic carbocycles. The van der Waals surface area contributed by atoms with Crippen LogP contribution in [-0.2, 0) is 11.0 Å². The van der Waals surface area contributed by atoms with E-state index in [4.69, 9.17) is 0 Å². The van der Waals surface area contributed by atoms with Crippen molar-refractivity contribution in [2.24, 2.45) is 0 Å². The van der Waals surface area contributed by atoms with E-state index in [9.17, 15) is 8.42 Å². The summed E-state index contributed by atoms with van der Waals surface area (Å²) >= 11 is 0. The fraction of sp³-hybridized carbons (Fsp3) is 0.455. The fourth-order valence-corrected chi connectivity index (χ4v) is 2.25. The van der Waals surface area contributed by atoms with Gasteiger partial charge in [0.1, 0.15) is 5.75 Å². The van der Waals surface area contributed by atoms with E-state index in [0.717, 1.165) is 18.8 Å². The number of thiol groups is 1. The van der Waals surface area contributed by atoms with Gasteiger partial charge < -0.3 is 9.08 Å². The van der Waals surface area contributed by atoms with Crippen LogP contribution in [0.2, 0.25) is 0 Å². The molecule has 0 atom stereocenters. The Balaban J connectivity index is 2.05. The Morgan fingerprint density at radius 2 is 1.62 bits per heavy atom. The van der Waals surface area contributed by atoms with E-state index in [2.05, 4.69) is 9.08 Å². The third-order valence-electron chi connectivity index (χ3n) is 2.74. The maximum absolute atomic E-state index is 10.4. The first-order valence-electron chi connectivity index (χ1n) is 5.43. The minimum absolute atomic E-state index is 0.372. The molecule has 0 bridgehead atoms. The Kier molecular flexibility index (Phi) is 3.66. The Morgan fingerprint density at radius 1 is 1.00 bits per heavy atom. The summed E-state index contributed by atoms with van der Waals surface area (Å²) in [7, 11) is -2.81. The molecule has 0 unspecified atom stereocenters. The number of rotatable bonds is 3. The van der Waals surface area contributed by atoms with Gasteiger partial charge in [-0.1, -0.05) is 0 Å². The molecule has 1 aliphatic rings. The molecule has 4 nitrogen and oxygen atoms in total. The predicted octanol–water partition coefficient (Wildman–Crippen LogP) is 1.58. The van der Waals surface area contributed by atoms with Crippen LogP contribution in [0.25, 0.3) is 0 Å². The van der Waals surface area contributed by atoms with Gasteiger partial charge in [0.05, 0.1) is 0 Å². The topological polar surface area (TPSA) is 46.6 Å². The van der Waals surface area contributed by atoms with Crippen molar-refractivity contribution >= 4 is 16.7 Å². The molecule has 2 rings (SSSR count). The van der Waals surface area contributed by atoms with Gasteiger partial charge in [0.2, 0.25) is 0 Å². The standard InChI is InChI=1S/C11H15NO3S/c13-16(14)15-11-6-4-10(5-7-11)12-8-2-1-3-9-12/h4-7,16H,1-3,8-9H2. The molecule has 0 spiro atoms. The van der Waals surface area contributed by atoms with Gasteiger partial charge in [0.15, 0.2) is 0 Å². The Morgan fingerprint density at radius 3 is 2.19 bits per heavy atom. The molecular weight excluding hydrogens is 226 g/mol. The van der Waals surface area contributed by atoms with Crippen LogP contribution in [-0.4, -0.2) is 21.5 Å². The molecule has 16 heavy (non-hydrogen) atoms. The Labute approximate surface area is 97.0 Å². The lowest BCUT2D eigenvalue weighted by molar-refractivity contribution is 0.510. The lowest BCUT2D eigenvalue weighted by Crippen LogP contribution is -2.29. The summed E-state index contributed by atoms with van der Waals surface area (Å²) in [6, 6.07) is 7.18. The minimum atomic E-state index is -2.81. The summed E-state index contributed by atoms with van der Waals surface area (Å²) in [6.07, 6.45) is 3.75. The second-order valence-corrected chi connectivity index (χ2v) is 4.49.